The Morgan fingerprint density at radius 3 is 2.56 bits per heavy atom. The monoisotopic (exact) mass is 143 g/mol. The molecule has 0 bridgehead atoms. The zero-order valence-electron chi connectivity index (χ0n) is 5.55. The standard InChI is InChI=1S/C6H9NOS/c1-5-6(3-7,9-2)4-8-5/h5H,4H2,1-2H3/t5-,6+/m0/s1. The fourth-order valence-electron chi connectivity index (χ4n) is 0.795. The number of hydrogen-bond donors (Lipinski definition) is 0. The lowest BCUT2D eigenvalue weighted by Crippen LogP contribution is -2.52. The third kappa shape index (κ3) is 0.828. The van der Waals surface area contributed by atoms with Gasteiger partial charge in [0.1, 0.15) is 0 Å². The summed E-state index contributed by atoms with van der Waals surface area (Å²) in [5.41, 5.74) is 0. The van der Waals surface area contributed by atoms with E-state index in [1.807, 2.05) is 13.2 Å². The van der Waals surface area contributed by atoms with E-state index in [0.29, 0.717) is 6.61 Å². The van der Waals surface area contributed by atoms with Gasteiger partial charge in [-0.15, -0.1) is 11.8 Å². The van der Waals surface area contributed by atoms with E-state index in [1.54, 1.807) is 11.8 Å². The van der Waals surface area contributed by atoms with Crippen LogP contribution in [0.15, 0.2) is 0 Å². The molecule has 1 saturated heterocycles. The quantitative estimate of drug-likeness (QED) is 0.549. The van der Waals surface area contributed by atoms with Crippen LogP contribution in [0, 0.1) is 11.3 Å². The van der Waals surface area contributed by atoms with Gasteiger partial charge in [0.05, 0.1) is 18.8 Å². The zero-order chi connectivity index (χ0) is 6.91. The van der Waals surface area contributed by atoms with Crippen LogP contribution in [-0.4, -0.2) is 23.7 Å². The highest BCUT2D eigenvalue weighted by Crippen LogP contribution is 2.36. The van der Waals surface area contributed by atoms with Crippen molar-refractivity contribution in [3.8, 4) is 6.07 Å². The molecule has 0 saturated carbocycles. The molecule has 1 fully saturated rings. The maximum atomic E-state index is 8.66. The van der Waals surface area contributed by atoms with Gasteiger partial charge >= 0.3 is 0 Å². The third-order valence-electron chi connectivity index (χ3n) is 1.76. The van der Waals surface area contributed by atoms with Crippen LogP contribution in [0.4, 0.5) is 0 Å². The van der Waals surface area contributed by atoms with E-state index in [9.17, 15) is 0 Å². The van der Waals surface area contributed by atoms with Crippen LogP contribution in [0.5, 0.6) is 0 Å². The number of nitrogens with zero attached hydrogens (tertiary/aromatic N) is 1. The second kappa shape index (κ2) is 2.20. The number of nitriles is 1. The van der Waals surface area contributed by atoms with E-state index in [0.717, 1.165) is 0 Å². The highest BCUT2D eigenvalue weighted by atomic mass is 32.2. The van der Waals surface area contributed by atoms with Crippen molar-refractivity contribution in [2.45, 2.75) is 17.8 Å². The first-order chi connectivity index (χ1) is 4.25. The van der Waals surface area contributed by atoms with Crippen LogP contribution in [0.25, 0.3) is 0 Å². The Morgan fingerprint density at radius 2 is 2.56 bits per heavy atom. The maximum Gasteiger partial charge on any atom is 0.151 e. The summed E-state index contributed by atoms with van der Waals surface area (Å²) < 4.78 is 4.85. The summed E-state index contributed by atoms with van der Waals surface area (Å²) >= 11 is 1.58. The molecule has 0 aliphatic carbocycles. The first kappa shape index (κ1) is 6.91. The summed E-state index contributed by atoms with van der Waals surface area (Å²) in [7, 11) is 0. The van der Waals surface area contributed by atoms with Crippen molar-refractivity contribution >= 4 is 11.8 Å². The Bertz CT molecular complexity index is 150. The second-order valence-electron chi connectivity index (χ2n) is 2.16. The predicted molar refractivity (Wildman–Crippen MR) is 37.3 cm³/mol. The van der Waals surface area contributed by atoms with Gasteiger partial charge in [-0.05, 0) is 13.2 Å². The number of thioether (sulfide) groups is 1. The van der Waals surface area contributed by atoms with Crippen molar-refractivity contribution in [2.24, 2.45) is 0 Å². The lowest BCUT2D eigenvalue weighted by atomic mass is 10.0. The normalized spacial score (nSPS) is 41.2. The van der Waals surface area contributed by atoms with E-state index < -0.39 is 0 Å². The van der Waals surface area contributed by atoms with Crippen molar-refractivity contribution < 1.29 is 4.74 Å². The van der Waals surface area contributed by atoms with Crippen LogP contribution in [0.2, 0.25) is 0 Å². The molecule has 0 aromatic rings. The lowest BCUT2D eigenvalue weighted by Gasteiger charge is -2.40. The molecule has 1 aliphatic heterocycles. The molecule has 2 atom stereocenters. The van der Waals surface area contributed by atoms with Gasteiger partial charge in [-0.3, -0.25) is 0 Å². The van der Waals surface area contributed by atoms with Gasteiger partial charge < -0.3 is 4.74 Å². The number of ether oxygens (including phenoxy) is 1. The van der Waals surface area contributed by atoms with Crippen LogP contribution >= 0.6 is 11.8 Å². The molecule has 0 amide bonds. The van der Waals surface area contributed by atoms with Gasteiger partial charge in [0, 0.05) is 0 Å². The van der Waals surface area contributed by atoms with Crippen molar-refractivity contribution in [3.05, 3.63) is 0 Å². The lowest BCUT2D eigenvalue weighted by molar-refractivity contribution is -0.0568. The summed E-state index contributed by atoms with van der Waals surface area (Å²) in [5.74, 6) is 0. The van der Waals surface area contributed by atoms with Gasteiger partial charge in [-0.2, -0.15) is 5.26 Å². The van der Waals surface area contributed by atoms with Crippen LogP contribution in [-0.2, 0) is 4.74 Å². The van der Waals surface area contributed by atoms with Crippen LogP contribution in [0.3, 0.4) is 0 Å². The molecule has 9 heavy (non-hydrogen) atoms. The zero-order valence-corrected chi connectivity index (χ0v) is 6.36. The van der Waals surface area contributed by atoms with Crippen molar-refractivity contribution in [3.63, 3.8) is 0 Å². The molecule has 0 aromatic carbocycles. The summed E-state index contributed by atoms with van der Waals surface area (Å²) in [6.07, 6.45) is 2.06. The average molecular weight is 143 g/mol. The minimum atomic E-state index is -0.236. The third-order valence-corrected chi connectivity index (χ3v) is 3.03. The highest BCUT2D eigenvalue weighted by molar-refractivity contribution is 8.00. The topological polar surface area (TPSA) is 33.0 Å². The Morgan fingerprint density at radius 1 is 1.89 bits per heavy atom. The first-order valence-corrected chi connectivity index (χ1v) is 4.05. The fourth-order valence-corrected chi connectivity index (χ4v) is 1.47. The van der Waals surface area contributed by atoms with Crippen molar-refractivity contribution in [1.29, 1.82) is 5.26 Å². The minimum Gasteiger partial charge on any atom is -0.373 e. The average Bonchev–Trinajstić information content (AvgIpc) is 1.89. The fraction of sp³-hybridized carbons (Fsp3) is 0.833. The molecule has 1 heterocycles. The SMILES string of the molecule is CS[C@]1(C#N)CO[C@H]1C. The molecule has 0 aromatic heterocycles. The van der Waals surface area contributed by atoms with E-state index in [-0.39, 0.29) is 10.9 Å². The van der Waals surface area contributed by atoms with E-state index >= 15 is 0 Å². The molecular formula is C6H9NOS. The summed E-state index contributed by atoms with van der Waals surface area (Å²) in [5, 5.41) is 8.66. The highest BCUT2D eigenvalue weighted by Gasteiger charge is 2.45. The second-order valence-corrected chi connectivity index (χ2v) is 3.30. The van der Waals surface area contributed by atoms with Gasteiger partial charge in [-0.1, -0.05) is 0 Å². The molecule has 0 unspecified atom stereocenters. The van der Waals surface area contributed by atoms with Crippen LogP contribution in [0.1, 0.15) is 6.92 Å². The van der Waals surface area contributed by atoms with Gasteiger partial charge in [0.15, 0.2) is 4.75 Å². The maximum absolute atomic E-state index is 8.66. The minimum absolute atomic E-state index is 0.109. The largest absolute Gasteiger partial charge is 0.373 e. The Hall–Kier alpha value is -0.200. The molecule has 2 nitrogen and oxygen atoms in total. The first-order valence-electron chi connectivity index (χ1n) is 2.83. The Labute approximate surface area is 59.2 Å². The molecule has 0 spiro atoms. The Kier molecular flexibility index (Phi) is 1.69. The van der Waals surface area contributed by atoms with Gasteiger partial charge in [-0.25, -0.2) is 0 Å². The molecule has 1 rings (SSSR count). The molecule has 0 N–H and O–H groups in total. The number of hydrogen-bond acceptors (Lipinski definition) is 3. The summed E-state index contributed by atoms with van der Waals surface area (Å²) in [6, 6.07) is 2.25. The molecular weight excluding hydrogens is 134 g/mol. The van der Waals surface area contributed by atoms with Gasteiger partial charge in [0.25, 0.3) is 0 Å². The molecule has 3 heteroatoms. The Balaban J connectivity index is 2.61. The molecule has 0 radical (unpaired) electrons. The molecule has 1 aliphatic rings. The smallest absolute Gasteiger partial charge is 0.151 e. The van der Waals surface area contributed by atoms with Crippen molar-refractivity contribution in [2.75, 3.05) is 12.9 Å². The van der Waals surface area contributed by atoms with Crippen molar-refractivity contribution in [1.82, 2.24) is 0 Å². The number of rotatable bonds is 1. The van der Waals surface area contributed by atoms with Gasteiger partial charge in [0.2, 0.25) is 0 Å². The summed E-state index contributed by atoms with van der Waals surface area (Å²) in [6.45, 7) is 2.52. The molecule has 50 valence electrons. The van der Waals surface area contributed by atoms with E-state index in [4.69, 9.17) is 10.00 Å². The van der Waals surface area contributed by atoms with E-state index in [2.05, 4.69) is 6.07 Å². The predicted octanol–water partition coefficient (Wildman–Crippen LogP) is 1.03. The van der Waals surface area contributed by atoms with Crippen LogP contribution < -0.4 is 0 Å². The summed E-state index contributed by atoms with van der Waals surface area (Å²) in [4.78, 5) is 0. The van der Waals surface area contributed by atoms with E-state index in [1.165, 1.54) is 0 Å².